The minimum atomic E-state index is -0.881. The number of thiol groups is 1. The standard InChI is InChI=1S/C2H4O2S.C2H6O/c3-2(4)1-5;1-2-3/h5H,1H2,(H,3,4);3H,2H2,1H3. The zero-order valence-electron chi connectivity index (χ0n) is 4.66. The third-order valence-electron chi connectivity index (χ3n) is 0.135. The summed E-state index contributed by atoms with van der Waals surface area (Å²) in [4.78, 5) is 9.29. The topological polar surface area (TPSA) is 57.5 Å². The molecule has 0 aliphatic rings. The predicted octanol–water partition coefficient (Wildman–Crippen LogP) is -0.000600. The summed E-state index contributed by atoms with van der Waals surface area (Å²) in [5, 5.41) is 15.2. The van der Waals surface area contributed by atoms with Gasteiger partial charge in [0.15, 0.2) is 0 Å². The molecule has 0 unspecified atom stereocenters. The summed E-state index contributed by atoms with van der Waals surface area (Å²) in [6.07, 6.45) is 0. The van der Waals surface area contributed by atoms with Crippen LogP contribution in [0.5, 0.6) is 0 Å². The van der Waals surface area contributed by atoms with Crippen molar-refractivity contribution in [2.45, 2.75) is 6.92 Å². The van der Waals surface area contributed by atoms with Crippen molar-refractivity contribution in [3.05, 3.63) is 0 Å². The maximum Gasteiger partial charge on any atom is 0.313 e. The molecular formula is C4H10O3S. The van der Waals surface area contributed by atoms with Gasteiger partial charge in [-0.05, 0) is 6.92 Å². The first-order chi connectivity index (χ1) is 3.68. The molecule has 0 rings (SSSR count). The van der Waals surface area contributed by atoms with E-state index in [2.05, 4.69) is 12.6 Å². The average Bonchev–Trinajstić information content (AvgIpc) is 1.69. The normalized spacial score (nSPS) is 6.88. The number of aliphatic carboxylic acids is 1. The summed E-state index contributed by atoms with van der Waals surface area (Å²) in [5.41, 5.74) is 0. The van der Waals surface area contributed by atoms with E-state index in [9.17, 15) is 4.79 Å². The van der Waals surface area contributed by atoms with Crippen molar-refractivity contribution in [2.24, 2.45) is 0 Å². The van der Waals surface area contributed by atoms with E-state index in [1.807, 2.05) is 0 Å². The van der Waals surface area contributed by atoms with Crippen molar-refractivity contribution in [1.29, 1.82) is 0 Å². The molecule has 50 valence electrons. The highest BCUT2D eigenvalue weighted by molar-refractivity contribution is 7.81. The van der Waals surface area contributed by atoms with Crippen LogP contribution >= 0.6 is 12.6 Å². The number of carboxylic acid groups (broad SMARTS) is 1. The van der Waals surface area contributed by atoms with Gasteiger partial charge in [0, 0.05) is 6.61 Å². The van der Waals surface area contributed by atoms with Gasteiger partial charge in [0.25, 0.3) is 0 Å². The molecule has 8 heavy (non-hydrogen) atoms. The van der Waals surface area contributed by atoms with E-state index in [1.165, 1.54) is 0 Å². The average molecular weight is 138 g/mol. The largest absolute Gasteiger partial charge is 0.481 e. The molecule has 0 radical (unpaired) electrons. The second kappa shape index (κ2) is 9.91. The molecule has 0 saturated heterocycles. The van der Waals surface area contributed by atoms with Gasteiger partial charge < -0.3 is 10.2 Å². The third kappa shape index (κ3) is 41.7. The van der Waals surface area contributed by atoms with E-state index in [1.54, 1.807) is 6.92 Å². The molecule has 0 aromatic carbocycles. The first kappa shape index (κ1) is 10.7. The Kier molecular flexibility index (Phi) is 13.3. The molecule has 0 atom stereocenters. The summed E-state index contributed by atoms with van der Waals surface area (Å²) in [6, 6.07) is 0. The van der Waals surface area contributed by atoms with Crippen LogP contribution in [0.2, 0.25) is 0 Å². The van der Waals surface area contributed by atoms with Crippen molar-refractivity contribution in [2.75, 3.05) is 12.4 Å². The summed E-state index contributed by atoms with van der Waals surface area (Å²) in [7, 11) is 0. The zero-order valence-corrected chi connectivity index (χ0v) is 5.56. The Labute approximate surface area is 53.7 Å². The molecule has 0 aromatic heterocycles. The Balaban J connectivity index is 0. The molecule has 4 heteroatoms. The molecule has 0 heterocycles. The highest BCUT2D eigenvalue weighted by Crippen LogP contribution is 1.66. The summed E-state index contributed by atoms with van der Waals surface area (Å²) >= 11 is 3.42. The molecule has 0 aliphatic carbocycles. The number of carbonyl (C=O) groups is 1. The minimum absolute atomic E-state index is 0.0833. The van der Waals surface area contributed by atoms with Crippen molar-refractivity contribution in [3.8, 4) is 0 Å². The van der Waals surface area contributed by atoms with Crippen LogP contribution in [0.1, 0.15) is 6.92 Å². The molecule has 3 nitrogen and oxygen atoms in total. The van der Waals surface area contributed by atoms with Crippen LogP contribution in [0, 0.1) is 0 Å². The molecule has 0 spiro atoms. The fourth-order valence-electron chi connectivity index (χ4n) is 0. The lowest BCUT2D eigenvalue weighted by Crippen LogP contribution is -1.92. The van der Waals surface area contributed by atoms with Gasteiger partial charge in [-0.15, -0.1) is 0 Å². The number of hydrogen-bond acceptors (Lipinski definition) is 3. The van der Waals surface area contributed by atoms with Crippen LogP contribution in [0.25, 0.3) is 0 Å². The maximum absolute atomic E-state index is 9.29. The number of hydrogen-bond donors (Lipinski definition) is 3. The highest BCUT2D eigenvalue weighted by Gasteiger charge is 1.81. The first-order valence-corrected chi connectivity index (χ1v) is 2.75. The predicted molar refractivity (Wildman–Crippen MR) is 34.2 cm³/mol. The number of aliphatic hydroxyl groups excluding tert-OH is 1. The quantitative estimate of drug-likeness (QED) is 0.447. The van der Waals surface area contributed by atoms with Gasteiger partial charge in [0.2, 0.25) is 0 Å². The Morgan fingerprint density at radius 1 is 1.75 bits per heavy atom. The second-order valence-corrected chi connectivity index (χ2v) is 1.18. The van der Waals surface area contributed by atoms with Crippen LogP contribution in [0.3, 0.4) is 0 Å². The van der Waals surface area contributed by atoms with Gasteiger partial charge in [-0.1, -0.05) is 0 Å². The van der Waals surface area contributed by atoms with Crippen LogP contribution in [-0.2, 0) is 4.79 Å². The van der Waals surface area contributed by atoms with Gasteiger partial charge in [-0.2, -0.15) is 12.6 Å². The van der Waals surface area contributed by atoms with Gasteiger partial charge in [0.1, 0.15) is 0 Å². The highest BCUT2D eigenvalue weighted by atomic mass is 32.1. The Morgan fingerprint density at radius 2 is 1.88 bits per heavy atom. The Morgan fingerprint density at radius 3 is 1.88 bits per heavy atom. The van der Waals surface area contributed by atoms with E-state index in [0.717, 1.165) is 0 Å². The zero-order chi connectivity index (χ0) is 6.99. The van der Waals surface area contributed by atoms with E-state index < -0.39 is 5.97 Å². The van der Waals surface area contributed by atoms with Gasteiger partial charge >= 0.3 is 5.97 Å². The molecule has 2 N–H and O–H groups in total. The monoisotopic (exact) mass is 138 g/mol. The molecule has 0 saturated carbocycles. The lowest BCUT2D eigenvalue weighted by Gasteiger charge is -1.71. The van der Waals surface area contributed by atoms with Gasteiger partial charge in [-0.3, -0.25) is 4.79 Å². The fraction of sp³-hybridized carbons (Fsp3) is 0.750. The Hall–Kier alpha value is -0.220. The van der Waals surface area contributed by atoms with Crippen LogP contribution < -0.4 is 0 Å². The molecule has 0 amide bonds. The molecule has 0 aliphatic heterocycles. The number of aliphatic hydroxyl groups is 1. The molecule has 0 aromatic rings. The van der Waals surface area contributed by atoms with Crippen molar-refractivity contribution < 1.29 is 15.0 Å². The summed E-state index contributed by atoms with van der Waals surface area (Å²) in [6.45, 7) is 1.93. The maximum atomic E-state index is 9.29. The van der Waals surface area contributed by atoms with E-state index in [4.69, 9.17) is 10.2 Å². The molecule has 0 fully saturated rings. The summed E-state index contributed by atoms with van der Waals surface area (Å²) < 4.78 is 0. The van der Waals surface area contributed by atoms with Gasteiger partial charge in [-0.25, -0.2) is 0 Å². The van der Waals surface area contributed by atoms with Crippen molar-refractivity contribution in [1.82, 2.24) is 0 Å². The summed E-state index contributed by atoms with van der Waals surface area (Å²) in [5.74, 6) is -0.965. The lowest BCUT2D eigenvalue weighted by atomic mass is 10.8. The first-order valence-electron chi connectivity index (χ1n) is 2.12. The van der Waals surface area contributed by atoms with E-state index in [0.29, 0.717) is 0 Å². The number of rotatable bonds is 1. The fourth-order valence-corrected chi connectivity index (χ4v) is 0. The van der Waals surface area contributed by atoms with Crippen LogP contribution in [-0.4, -0.2) is 28.5 Å². The number of carboxylic acids is 1. The SMILES string of the molecule is CCO.O=C(O)CS. The van der Waals surface area contributed by atoms with Crippen LogP contribution in [0.4, 0.5) is 0 Å². The third-order valence-corrected chi connectivity index (χ3v) is 0.406. The van der Waals surface area contributed by atoms with Gasteiger partial charge in [0.05, 0.1) is 5.75 Å². The van der Waals surface area contributed by atoms with Crippen molar-refractivity contribution in [3.63, 3.8) is 0 Å². The van der Waals surface area contributed by atoms with E-state index >= 15 is 0 Å². The second-order valence-electron chi connectivity index (χ2n) is 0.868. The molecule has 0 bridgehead atoms. The Bertz CT molecular complexity index is 55.2. The van der Waals surface area contributed by atoms with Crippen LogP contribution in [0.15, 0.2) is 0 Å². The van der Waals surface area contributed by atoms with E-state index in [-0.39, 0.29) is 12.4 Å². The molecular weight excluding hydrogens is 128 g/mol. The minimum Gasteiger partial charge on any atom is -0.481 e. The van der Waals surface area contributed by atoms with Crippen molar-refractivity contribution >= 4 is 18.6 Å². The smallest absolute Gasteiger partial charge is 0.313 e. The lowest BCUT2D eigenvalue weighted by molar-refractivity contribution is -0.133.